The molecule has 1 fully saturated rings. The summed E-state index contributed by atoms with van der Waals surface area (Å²) in [6.07, 6.45) is 5.20. The standard InChI is InChI=1S/C15H25N3O2/c1-2-11-20-14-4-3-8-17-15(14)18-9-5-13(6-10-18)19-12-7-16/h3-4,8,13H,2,5-7,9-12,16H2,1H3. The Labute approximate surface area is 121 Å². The number of hydrogen-bond acceptors (Lipinski definition) is 5. The van der Waals surface area contributed by atoms with Crippen LogP contribution in [0.1, 0.15) is 26.2 Å². The van der Waals surface area contributed by atoms with Gasteiger partial charge in [-0.1, -0.05) is 6.92 Å². The highest BCUT2D eigenvalue weighted by atomic mass is 16.5. The number of nitrogens with zero attached hydrogens (tertiary/aromatic N) is 2. The molecule has 0 aromatic carbocycles. The zero-order chi connectivity index (χ0) is 14.2. The van der Waals surface area contributed by atoms with Crippen molar-refractivity contribution < 1.29 is 9.47 Å². The van der Waals surface area contributed by atoms with Gasteiger partial charge in [-0.25, -0.2) is 4.98 Å². The van der Waals surface area contributed by atoms with Crippen molar-refractivity contribution in [1.29, 1.82) is 0 Å². The van der Waals surface area contributed by atoms with Crippen LogP contribution in [0.2, 0.25) is 0 Å². The van der Waals surface area contributed by atoms with Gasteiger partial charge in [-0.15, -0.1) is 0 Å². The first kappa shape index (κ1) is 15.1. The van der Waals surface area contributed by atoms with Gasteiger partial charge in [-0.05, 0) is 31.4 Å². The summed E-state index contributed by atoms with van der Waals surface area (Å²) in [7, 11) is 0. The van der Waals surface area contributed by atoms with E-state index in [1.165, 1.54) is 0 Å². The molecule has 1 aliphatic rings. The molecule has 1 aliphatic heterocycles. The molecule has 0 atom stereocenters. The van der Waals surface area contributed by atoms with Crippen LogP contribution in [0, 0.1) is 0 Å². The maximum Gasteiger partial charge on any atom is 0.171 e. The summed E-state index contributed by atoms with van der Waals surface area (Å²) in [6, 6.07) is 3.92. The fourth-order valence-corrected chi connectivity index (χ4v) is 2.41. The Hall–Kier alpha value is -1.33. The van der Waals surface area contributed by atoms with Crippen LogP contribution in [-0.4, -0.2) is 43.9 Å². The van der Waals surface area contributed by atoms with E-state index >= 15 is 0 Å². The normalized spacial score (nSPS) is 16.4. The van der Waals surface area contributed by atoms with Crippen LogP contribution in [0.15, 0.2) is 18.3 Å². The minimum Gasteiger partial charge on any atom is -0.490 e. The first-order chi connectivity index (χ1) is 9.85. The summed E-state index contributed by atoms with van der Waals surface area (Å²) in [6.45, 7) is 5.99. The van der Waals surface area contributed by atoms with Crippen LogP contribution in [0.4, 0.5) is 5.82 Å². The molecule has 0 spiro atoms. The average Bonchev–Trinajstić information content (AvgIpc) is 2.52. The summed E-state index contributed by atoms with van der Waals surface area (Å²) in [5.41, 5.74) is 5.47. The molecule has 0 amide bonds. The van der Waals surface area contributed by atoms with Crippen molar-refractivity contribution in [2.45, 2.75) is 32.3 Å². The third-order valence-corrected chi connectivity index (χ3v) is 3.43. The predicted molar refractivity (Wildman–Crippen MR) is 80.3 cm³/mol. The van der Waals surface area contributed by atoms with Gasteiger partial charge in [-0.2, -0.15) is 0 Å². The van der Waals surface area contributed by atoms with E-state index in [1.54, 1.807) is 0 Å². The van der Waals surface area contributed by atoms with Gasteiger partial charge in [0.25, 0.3) is 0 Å². The van der Waals surface area contributed by atoms with Crippen molar-refractivity contribution in [3.63, 3.8) is 0 Å². The Morgan fingerprint density at radius 1 is 1.35 bits per heavy atom. The second kappa shape index (κ2) is 8.07. The molecule has 0 radical (unpaired) electrons. The maximum absolute atomic E-state index is 5.78. The minimum absolute atomic E-state index is 0.332. The van der Waals surface area contributed by atoms with E-state index in [-0.39, 0.29) is 0 Å². The molecule has 2 heterocycles. The van der Waals surface area contributed by atoms with E-state index in [9.17, 15) is 0 Å². The molecule has 112 valence electrons. The van der Waals surface area contributed by atoms with Gasteiger partial charge in [-0.3, -0.25) is 0 Å². The zero-order valence-electron chi connectivity index (χ0n) is 12.3. The second-order valence-electron chi connectivity index (χ2n) is 5.02. The number of aromatic nitrogens is 1. The highest BCUT2D eigenvalue weighted by Crippen LogP contribution is 2.28. The molecule has 5 heteroatoms. The molecule has 0 saturated carbocycles. The van der Waals surface area contributed by atoms with Gasteiger partial charge in [0.05, 0.1) is 19.3 Å². The zero-order valence-corrected chi connectivity index (χ0v) is 12.3. The summed E-state index contributed by atoms with van der Waals surface area (Å²) >= 11 is 0. The van der Waals surface area contributed by atoms with Gasteiger partial charge < -0.3 is 20.1 Å². The van der Waals surface area contributed by atoms with Crippen LogP contribution in [0.3, 0.4) is 0 Å². The molecule has 1 aromatic heterocycles. The molecule has 20 heavy (non-hydrogen) atoms. The van der Waals surface area contributed by atoms with Gasteiger partial charge in [0.15, 0.2) is 11.6 Å². The van der Waals surface area contributed by atoms with Crippen LogP contribution < -0.4 is 15.4 Å². The highest BCUT2D eigenvalue weighted by molar-refractivity contribution is 5.52. The topological polar surface area (TPSA) is 60.6 Å². The van der Waals surface area contributed by atoms with Gasteiger partial charge >= 0.3 is 0 Å². The number of hydrogen-bond donors (Lipinski definition) is 1. The SMILES string of the molecule is CCCOc1cccnc1N1CCC(OCCN)CC1. The molecule has 5 nitrogen and oxygen atoms in total. The fraction of sp³-hybridized carbons (Fsp3) is 0.667. The molecule has 1 saturated heterocycles. The predicted octanol–water partition coefficient (Wildman–Crippen LogP) is 1.81. The number of anilines is 1. The Morgan fingerprint density at radius 2 is 2.15 bits per heavy atom. The molecule has 1 aromatic rings. The first-order valence-electron chi connectivity index (χ1n) is 7.49. The minimum atomic E-state index is 0.332. The van der Waals surface area contributed by atoms with E-state index < -0.39 is 0 Å². The van der Waals surface area contributed by atoms with Crippen molar-refractivity contribution in [2.24, 2.45) is 5.73 Å². The largest absolute Gasteiger partial charge is 0.490 e. The van der Waals surface area contributed by atoms with E-state index in [0.29, 0.717) is 19.3 Å². The molecule has 2 rings (SSSR count). The quantitative estimate of drug-likeness (QED) is 0.825. The maximum atomic E-state index is 5.78. The Balaban J connectivity index is 1.92. The lowest BCUT2D eigenvalue weighted by Crippen LogP contribution is -2.38. The third-order valence-electron chi connectivity index (χ3n) is 3.43. The summed E-state index contributed by atoms with van der Waals surface area (Å²) in [5, 5.41) is 0. The smallest absolute Gasteiger partial charge is 0.171 e. The van der Waals surface area contributed by atoms with E-state index in [1.807, 2.05) is 18.3 Å². The lowest BCUT2D eigenvalue weighted by atomic mass is 10.1. The van der Waals surface area contributed by atoms with Crippen LogP contribution in [0.5, 0.6) is 5.75 Å². The van der Waals surface area contributed by atoms with Crippen molar-refractivity contribution in [1.82, 2.24) is 4.98 Å². The molecule has 0 aliphatic carbocycles. The lowest BCUT2D eigenvalue weighted by molar-refractivity contribution is 0.0420. The summed E-state index contributed by atoms with van der Waals surface area (Å²) in [5.74, 6) is 1.84. The van der Waals surface area contributed by atoms with Gasteiger partial charge in [0.1, 0.15) is 0 Å². The molecular weight excluding hydrogens is 254 g/mol. The Kier molecular flexibility index (Phi) is 6.08. The van der Waals surface area contributed by atoms with Crippen LogP contribution in [-0.2, 0) is 4.74 Å². The first-order valence-corrected chi connectivity index (χ1v) is 7.49. The Bertz CT molecular complexity index is 392. The van der Waals surface area contributed by atoms with Crippen molar-refractivity contribution in [3.8, 4) is 5.75 Å². The third kappa shape index (κ3) is 4.08. The summed E-state index contributed by atoms with van der Waals surface area (Å²) < 4.78 is 11.5. The average molecular weight is 279 g/mol. The van der Waals surface area contributed by atoms with E-state index in [0.717, 1.165) is 50.5 Å². The molecule has 2 N–H and O–H groups in total. The second-order valence-corrected chi connectivity index (χ2v) is 5.02. The lowest BCUT2D eigenvalue weighted by Gasteiger charge is -2.33. The Morgan fingerprint density at radius 3 is 2.85 bits per heavy atom. The van der Waals surface area contributed by atoms with Crippen molar-refractivity contribution in [3.05, 3.63) is 18.3 Å². The number of ether oxygens (including phenoxy) is 2. The van der Waals surface area contributed by atoms with Gasteiger partial charge in [0, 0.05) is 25.8 Å². The molecule has 0 bridgehead atoms. The van der Waals surface area contributed by atoms with Crippen molar-refractivity contribution in [2.75, 3.05) is 37.7 Å². The number of rotatable bonds is 7. The van der Waals surface area contributed by atoms with Crippen molar-refractivity contribution >= 4 is 5.82 Å². The molecular formula is C15H25N3O2. The van der Waals surface area contributed by atoms with Gasteiger partial charge in [0.2, 0.25) is 0 Å². The fourth-order valence-electron chi connectivity index (χ4n) is 2.41. The van der Waals surface area contributed by atoms with Crippen LogP contribution in [0.25, 0.3) is 0 Å². The summed E-state index contributed by atoms with van der Waals surface area (Å²) in [4.78, 5) is 6.77. The molecule has 0 unspecified atom stereocenters. The van der Waals surface area contributed by atoms with E-state index in [2.05, 4.69) is 16.8 Å². The van der Waals surface area contributed by atoms with Crippen LogP contribution >= 0.6 is 0 Å². The highest BCUT2D eigenvalue weighted by Gasteiger charge is 2.22. The number of nitrogens with two attached hydrogens (primary N) is 1. The van der Waals surface area contributed by atoms with E-state index in [4.69, 9.17) is 15.2 Å². The number of piperidine rings is 1. The monoisotopic (exact) mass is 279 g/mol. The number of pyridine rings is 1.